The van der Waals surface area contributed by atoms with Crippen LogP contribution in [0.25, 0.3) is 0 Å². The number of rotatable bonds is 2. The van der Waals surface area contributed by atoms with Crippen LogP contribution in [0.5, 0.6) is 0 Å². The predicted octanol–water partition coefficient (Wildman–Crippen LogP) is 6.33. The molecule has 0 nitrogen and oxygen atoms in total. The molecule has 0 radical (unpaired) electrons. The summed E-state index contributed by atoms with van der Waals surface area (Å²) in [5.74, 6) is 0. The molecule has 28 heavy (non-hydrogen) atoms. The molecule has 152 valence electrons. The normalized spacial score (nSPS) is 30.5. The summed E-state index contributed by atoms with van der Waals surface area (Å²) < 4.78 is 0. The molecule has 0 aliphatic carbocycles. The highest BCUT2D eigenvalue weighted by Gasteiger charge is 2.50. The van der Waals surface area contributed by atoms with Crippen molar-refractivity contribution in [3.63, 3.8) is 0 Å². The van der Waals surface area contributed by atoms with Crippen molar-refractivity contribution in [1.82, 2.24) is 0 Å². The van der Waals surface area contributed by atoms with Gasteiger partial charge in [0.25, 0.3) is 0 Å². The van der Waals surface area contributed by atoms with E-state index in [2.05, 4.69) is 99.9 Å². The van der Waals surface area contributed by atoms with Crippen molar-refractivity contribution in [3.8, 4) is 0 Å². The molecule has 0 N–H and O–H groups in total. The fourth-order valence-electron chi connectivity index (χ4n) is 5.68. The summed E-state index contributed by atoms with van der Waals surface area (Å²) in [6, 6.07) is 29.5. The van der Waals surface area contributed by atoms with Crippen molar-refractivity contribution in [1.29, 1.82) is 0 Å². The topological polar surface area (TPSA) is 0 Å². The van der Waals surface area contributed by atoms with Crippen molar-refractivity contribution >= 4 is 40.7 Å². The second kappa shape index (κ2) is 8.21. The molecule has 1 heterocycles. The van der Waals surface area contributed by atoms with Crippen molar-refractivity contribution in [2.24, 2.45) is 0 Å². The van der Waals surface area contributed by atoms with Crippen LogP contribution in [0.15, 0.2) is 60.7 Å². The molecular weight excluding hydrogens is 401 g/mol. The number of hydrogen-bond donors (Lipinski definition) is 0. The molecule has 1 aliphatic heterocycles. The first-order valence-electron chi connectivity index (χ1n) is 11.2. The van der Waals surface area contributed by atoms with Crippen molar-refractivity contribution in [2.75, 3.05) is 0 Å². The molecule has 1 fully saturated rings. The Labute approximate surface area is 177 Å². The van der Waals surface area contributed by atoms with Gasteiger partial charge >= 0.3 is 0 Å². The van der Waals surface area contributed by atoms with E-state index in [1.54, 1.807) is 10.4 Å². The van der Waals surface area contributed by atoms with Gasteiger partial charge in [-0.2, -0.15) is 0 Å². The second-order valence-corrected chi connectivity index (χ2v) is 41.6. The second-order valence-electron chi connectivity index (χ2n) is 10.9. The molecule has 1 saturated heterocycles. The van der Waals surface area contributed by atoms with Crippen LogP contribution in [-0.4, -0.2) is 30.4 Å². The van der Waals surface area contributed by atoms with E-state index in [1.807, 2.05) is 0 Å². The highest BCUT2D eigenvalue weighted by atomic mass is 29.3. The first kappa shape index (κ1) is 22.0. The fraction of sp³-hybridized carbons (Fsp3) is 0.500. The SMILES string of the molecule is C[Si]1(C)CCC[Si](C)(c2ccccc2)[Si](C)(C)CCC[Si]1(C)c1ccccc1. The molecule has 0 spiro atoms. The molecule has 4 heteroatoms. The van der Waals surface area contributed by atoms with E-state index in [0.717, 1.165) is 0 Å². The standard InChI is InChI=1S/C24H40Si4/c1-25(2)19-13-22-28(6,24-17-11-8-12-18-24)26(3,4)20-14-21-27(25,5)23-15-9-7-10-16-23/h7-12,15-18H,13-14,19-22H2,1-6H3. The zero-order valence-corrected chi connectivity index (χ0v) is 23.0. The van der Waals surface area contributed by atoms with Crippen LogP contribution < -0.4 is 10.4 Å². The van der Waals surface area contributed by atoms with E-state index in [-0.39, 0.29) is 0 Å². The van der Waals surface area contributed by atoms with Gasteiger partial charge in [-0.1, -0.05) is 147 Å². The van der Waals surface area contributed by atoms with Gasteiger partial charge < -0.3 is 0 Å². The summed E-state index contributed by atoms with van der Waals surface area (Å²) in [6.07, 6.45) is 2.95. The molecule has 1 aliphatic rings. The fourth-order valence-corrected chi connectivity index (χ4v) is 31.9. The number of hydrogen-bond acceptors (Lipinski definition) is 0. The number of benzene rings is 2. The summed E-state index contributed by atoms with van der Waals surface area (Å²) in [7, 11) is -5.29. The highest BCUT2D eigenvalue weighted by molar-refractivity contribution is 7.47. The van der Waals surface area contributed by atoms with E-state index in [0.29, 0.717) is 0 Å². The van der Waals surface area contributed by atoms with Gasteiger partial charge in [-0.05, 0) is 0 Å². The molecule has 0 saturated carbocycles. The smallest absolute Gasteiger partial charge is 0.0710 e. The van der Waals surface area contributed by atoms with Gasteiger partial charge in [0.15, 0.2) is 0 Å². The van der Waals surface area contributed by atoms with Crippen LogP contribution in [0.2, 0.25) is 63.5 Å². The third-order valence-electron chi connectivity index (χ3n) is 8.77. The Morgan fingerprint density at radius 2 is 0.786 bits per heavy atom. The van der Waals surface area contributed by atoms with E-state index >= 15 is 0 Å². The van der Waals surface area contributed by atoms with Crippen LogP contribution in [-0.2, 0) is 0 Å². The Morgan fingerprint density at radius 3 is 1.11 bits per heavy atom. The lowest BCUT2D eigenvalue weighted by molar-refractivity contribution is 0.994. The average molecular weight is 441 g/mol. The minimum Gasteiger partial charge on any atom is -0.0710 e. The molecule has 0 amide bonds. The van der Waals surface area contributed by atoms with E-state index < -0.39 is 30.4 Å². The van der Waals surface area contributed by atoms with Crippen molar-refractivity contribution in [3.05, 3.63) is 60.7 Å². The first-order chi connectivity index (χ1) is 13.1. The lowest BCUT2D eigenvalue weighted by atomic mass is 10.4. The lowest BCUT2D eigenvalue weighted by Crippen LogP contribution is -2.68. The van der Waals surface area contributed by atoms with Crippen molar-refractivity contribution < 1.29 is 0 Å². The monoisotopic (exact) mass is 440 g/mol. The predicted molar refractivity (Wildman–Crippen MR) is 139 cm³/mol. The largest absolute Gasteiger partial charge is 0.0768 e. The Bertz CT molecular complexity index is 704. The molecule has 0 bridgehead atoms. The van der Waals surface area contributed by atoms with Crippen molar-refractivity contribution in [2.45, 2.75) is 76.3 Å². The van der Waals surface area contributed by atoms with Crippen LogP contribution >= 0.6 is 0 Å². The molecule has 0 aromatic heterocycles. The third-order valence-corrected chi connectivity index (χ3v) is 46.5. The summed E-state index contributed by atoms with van der Waals surface area (Å²) in [4.78, 5) is 0. The zero-order chi connectivity index (χ0) is 20.5. The highest BCUT2D eigenvalue weighted by Crippen LogP contribution is 2.37. The van der Waals surface area contributed by atoms with Gasteiger partial charge in [-0.25, -0.2) is 0 Å². The minimum atomic E-state index is -1.39. The maximum absolute atomic E-state index is 2.75. The van der Waals surface area contributed by atoms with Crippen LogP contribution in [0.3, 0.4) is 0 Å². The van der Waals surface area contributed by atoms with Gasteiger partial charge in [0.2, 0.25) is 0 Å². The van der Waals surface area contributed by atoms with Gasteiger partial charge in [-0.15, -0.1) is 0 Å². The lowest BCUT2D eigenvalue weighted by Gasteiger charge is -2.47. The maximum atomic E-state index is 2.75. The summed E-state index contributed by atoms with van der Waals surface area (Å²) in [6.45, 7) is 16.4. The van der Waals surface area contributed by atoms with Crippen LogP contribution in [0, 0.1) is 0 Å². The molecule has 3 rings (SSSR count). The maximum Gasteiger partial charge on any atom is 0.0768 e. The van der Waals surface area contributed by atoms with Gasteiger partial charge in [0.05, 0.1) is 15.2 Å². The zero-order valence-electron chi connectivity index (χ0n) is 19.0. The molecule has 2 unspecified atom stereocenters. The van der Waals surface area contributed by atoms with Crippen LogP contribution in [0.4, 0.5) is 0 Å². The molecule has 2 aromatic rings. The average Bonchev–Trinajstić information content (AvgIpc) is 2.68. The van der Waals surface area contributed by atoms with E-state index in [9.17, 15) is 0 Å². The first-order valence-corrected chi connectivity index (χ1v) is 25.1. The quantitative estimate of drug-likeness (QED) is 0.479. The van der Waals surface area contributed by atoms with Crippen LogP contribution in [0.1, 0.15) is 12.8 Å². The van der Waals surface area contributed by atoms with E-state index in [4.69, 9.17) is 0 Å². The van der Waals surface area contributed by atoms with Gasteiger partial charge in [0, 0.05) is 15.2 Å². The summed E-state index contributed by atoms with van der Waals surface area (Å²) in [5.41, 5.74) is 0. The Kier molecular flexibility index (Phi) is 6.45. The Balaban J connectivity index is 1.95. The third kappa shape index (κ3) is 3.98. The van der Waals surface area contributed by atoms with E-state index in [1.165, 1.54) is 37.0 Å². The van der Waals surface area contributed by atoms with Gasteiger partial charge in [-0.3, -0.25) is 0 Å². The molecular formula is C24H40Si4. The minimum absolute atomic E-state index is 1.26. The summed E-state index contributed by atoms with van der Waals surface area (Å²) in [5, 5.41) is 3.49. The Morgan fingerprint density at radius 1 is 0.464 bits per heavy atom. The molecule has 2 aromatic carbocycles. The Hall–Kier alpha value is -0.692. The van der Waals surface area contributed by atoms with Gasteiger partial charge in [0.1, 0.15) is 0 Å². The molecule has 2 atom stereocenters. The summed E-state index contributed by atoms with van der Waals surface area (Å²) >= 11 is 0.